The molecule has 0 radical (unpaired) electrons. The molecule has 0 aliphatic rings. The average molecular weight is 295 g/mol. The fourth-order valence-corrected chi connectivity index (χ4v) is 1.57. The van der Waals surface area contributed by atoms with Crippen LogP contribution in [0.4, 0.5) is 5.69 Å². The van der Waals surface area contributed by atoms with Crippen molar-refractivity contribution in [3.63, 3.8) is 0 Å². The molecule has 1 aromatic rings. The van der Waals surface area contributed by atoms with Crippen LogP contribution in [0.1, 0.15) is 30.6 Å². The minimum atomic E-state index is -0.752. The Morgan fingerprint density at radius 1 is 1.43 bits per heavy atom. The van der Waals surface area contributed by atoms with Crippen LogP contribution in [0.15, 0.2) is 18.2 Å². The Morgan fingerprint density at radius 3 is 2.62 bits per heavy atom. The minimum Gasteiger partial charge on any atom is -0.502 e. The molecule has 1 unspecified atom stereocenters. The van der Waals surface area contributed by atoms with Gasteiger partial charge in [-0.1, -0.05) is 6.92 Å². The van der Waals surface area contributed by atoms with Gasteiger partial charge in [0.15, 0.2) is 5.75 Å². The molecule has 1 rings (SSSR count). The van der Waals surface area contributed by atoms with Crippen molar-refractivity contribution >= 4 is 17.5 Å². The van der Waals surface area contributed by atoms with E-state index < -0.39 is 28.3 Å². The molecular weight excluding hydrogens is 278 g/mol. The van der Waals surface area contributed by atoms with Gasteiger partial charge in [0.05, 0.1) is 4.92 Å². The lowest BCUT2D eigenvalue weighted by Gasteiger charge is -2.13. The molecule has 0 aromatic heterocycles. The van der Waals surface area contributed by atoms with Gasteiger partial charge in [-0.05, 0) is 25.5 Å². The Hall–Kier alpha value is -2.64. The van der Waals surface area contributed by atoms with Gasteiger partial charge in [-0.3, -0.25) is 19.7 Å². The summed E-state index contributed by atoms with van der Waals surface area (Å²) < 4.78 is 0. The summed E-state index contributed by atoms with van der Waals surface area (Å²) in [5.41, 5.74) is -0.450. The number of phenols is 1. The first kappa shape index (κ1) is 16.4. The van der Waals surface area contributed by atoms with Crippen LogP contribution >= 0.6 is 0 Å². The number of carbonyl (C=O) groups is 2. The smallest absolute Gasteiger partial charge is 0.310 e. The number of nitro groups is 1. The van der Waals surface area contributed by atoms with Crippen LogP contribution in [0.2, 0.25) is 0 Å². The third-order valence-corrected chi connectivity index (χ3v) is 2.72. The number of amides is 2. The summed E-state index contributed by atoms with van der Waals surface area (Å²) in [5, 5.41) is 25.1. The normalized spacial score (nSPS) is 11.5. The largest absolute Gasteiger partial charge is 0.502 e. The number of hydrogen-bond acceptors (Lipinski definition) is 5. The van der Waals surface area contributed by atoms with E-state index in [4.69, 9.17) is 0 Å². The Labute approximate surface area is 121 Å². The molecule has 0 saturated carbocycles. The summed E-state index contributed by atoms with van der Waals surface area (Å²) in [6.45, 7) is 3.94. The van der Waals surface area contributed by atoms with E-state index in [0.29, 0.717) is 6.54 Å². The summed E-state index contributed by atoms with van der Waals surface area (Å²) in [5.74, 6) is -1.52. The van der Waals surface area contributed by atoms with Crippen LogP contribution in [-0.4, -0.2) is 34.4 Å². The van der Waals surface area contributed by atoms with E-state index in [1.807, 2.05) is 6.92 Å². The van der Waals surface area contributed by atoms with Crippen molar-refractivity contribution in [1.29, 1.82) is 0 Å². The lowest BCUT2D eigenvalue weighted by atomic mass is 10.1. The summed E-state index contributed by atoms with van der Waals surface area (Å²) in [7, 11) is 0. The SMILES string of the molecule is CCCNC(=O)C(C)NC(=O)c1ccc([N+](=O)[O-])c(O)c1. The van der Waals surface area contributed by atoms with Gasteiger partial charge in [0.25, 0.3) is 5.91 Å². The number of nitrogens with one attached hydrogen (secondary N) is 2. The zero-order valence-electron chi connectivity index (χ0n) is 11.8. The van der Waals surface area contributed by atoms with Crippen molar-refractivity contribution < 1.29 is 19.6 Å². The van der Waals surface area contributed by atoms with Gasteiger partial charge in [-0.2, -0.15) is 0 Å². The van der Waals surface area contributed by atoms with Gasteiger partial charge in [0, 0.05) is 18.2 Å². The van der Waals surface area contributed by atoms with Crippen LogP contribution in [0, 0.1) is 10.1 Å². The number of benzene rings is 1. The first-order valence-electron chi connectivity index (χ1n) is 6.42. The standard InChI is InChI=1S/C13H17N3O5/c1-3-6-14-12(18)8(2)15-13(19)9-4-5-10(16(20)21)11(17)7-9/h4-5,7-8,17H,3,6H2,1-2H3,(H,14,18)(H,15,19). The van der Waals surface area contributed by atoms with Crippen molar-refractivity contribution in [1.82, 2.24) is 10.6 Å². The third kappa shape index (κ3) is 4.44. The fourth-order valence-electron chi connectivity index (χ4n) is 1.57. The number of aromatic hydroxyl groups is 1. The summed E-state index contributed by atoms with van der Waals surface area (Å²) in [6, 6.07) is 2.49. The maximum atomic E-state index is 11.9. The molecular formula is C13H17N3O5. The molecule has 0 bridgehead atoms. The second kappa shape index (κ2) is 7.22. The molecule has 1 atom stereocenters. The second-order valence-corrected chi connectivity index (χ2v) is 4.45. The quantitative estimate of drug-likeness (QED) is 0.532. The highest BCUT2D eigenvalue weighted by atomic mass is 16.6. The molecule has 0 aliphatic carbocycles. The highest BCUT2D eigenvalue weighted by molar-refractivity contribution is 5.98. The van der Waals surface area contributed by atoms with Crippen molar-refractivity contribution in [3.05, 3.63) is 33.9 Å². The molecule has 21 heavy (non-hydrogen) atoms. The maximum absolute atomic E-state index is 11.9. The van der Waals surface area contributed by atoms with E-state index in [2.05, 4.69) is 10.6 Å². The van der Waals surface area contributed by atoms with E-state index in [1.54, 1.807) is 0 Å². The Morgan fingerprint density at radius 2 is 2.10 bits per heavy atom. The first-order chi connectivity index (χ1) is 9.86. The Bertz CT molecular complexity index is 559. The Balaban J connectivity index is 2.74. The number of rotatable bonds is 6. The molecule has 0 spiro atoms. The molecule has 8 nitrogen and oxygen atoms in total. The van der Waals surface area contributed by atoms with Gasteiger partial charge < -0.3 is 15.7 Å². The van der Waals surface area contributed by atoms with Crippen molar-refractivity contribution in [2.75, 3.05) is 6.54 Å². The molecule has 114 valence electrons. The van der Waals surface area contributed by atoms with Gasteiger partial charge >= 0.3 is 5.69 Å². The lowest BCUT2D eigenvalue weighted by Crippen LogP contribution is -2.44. The number of hydrogen-bond donors (Lipinski definition) is 3. The number of phenolic OH excluding ortho intramolecular Hbond substituents is 1. The van der Waals surface area contributed by atoms with Crippen molar-refractivity contribution in [2.45, 2.75) is 26.3 Å². The molecule has 8 heteroatoms. The number of carbonyl (C=O) groups excluding carboxylic acids is 2. The van der Waals surface area contributed by atoms with Gasteiger partial charge in [-0.25, -0.2) is 0 Å². The topological polar surface area (TPSA) is 122 Å². The predicted octanol–water partition coefficient (Wildman–Crippen LogP) is 0.945. The van der Waals surface area contributed by atoms with Gasteiger partial charge in [0.2, 0.25) is 5.91 Å². The number of nitrogens with zero attached hydrogens (tertiary/aromatic N) is 1. The molecule has 0 aliphatic heterocycles. The van der Waals surface area contributed by atoms with E-state index in [0.717, 1.165) is 18.6 Å². The summed E-state index contributed by atoms with van der Waals surface area (Å²) in [6.07, 6.45) is 0.780. The minimum absolute atomic E-state index is 0.0354. The fraction of sp³-hybridized carbons (Fsp3) is 0.385. The van der Waals surface area contributed by atoms with Crippen LogP contribution < -0.4 is 10.6 Å². The van der Waals surface area contributed by atoms with E-state index >= 15 is 0 Å². The molecule has 0 fully saturated rings. The van der Waals surface area contributed by atoms with E-state index in [1.165, 1.54) is 13.0 Å². The predicted molar refractivity (Wildman–Crippen MR) is 75.0 cm³/mol. The summed E-state index contributed by atoms with van der Waals surface area (Å²) in [4.78, 5) is 33.3. The van der Waals surface area contributed by atoms with E-state index in [-0.39, 0.29) is 11.5 Å². The Kier molecular flexibility index (Phi) is 5.65. The second-order valence-electron chi connectivity index (χ2n) is 4.45. The first-order valence-corrected chi connectivity index (χ1v) is 6.42. The molecule has 0 heterocycles. The summed E-state index contributed by atoms with van der Waals surface area (Å²) >= 11 is 0. The maximum Gasteiger partial charge on any atom is 0.310 e. The van der Waals surface area contributed by atoms with Gasteiger partial charge in [0.1, 0.15) is 6.04 Å². The zero-order valence-corrected chi connectivity index (χ0v) is 11.8. The van der Waals surface area contributed by atoms with E-state index in [9.17, 15) is 24.8 Å². The third-order valence-electron chi connectivity index (χ3n) is 2.72. The van der Waals surface area contributed by atoms with Crippen LogP contribution in [-0.2, 0) is 4.79 Å². The molecule has 0 saturated heterocycles. The molecule has 2 amide bonds. The van der Waals surface area contributed by atoms with Gasteiger partial charge in [-0.15, -0.1) is 0 Å². The molecule has 3 N–H and O–H groups in total. The highest BCUT2D eigenvalue weighted by Crippen LogP contribution is 2.26. The highest BCUT2D eigenvalue weighted by Gasteiger charge is 2.19. The number of nitro benzene ring substituents is 1. The molecule has 1 aromatic carbocycles. The van der Waals surface area contributed by atoms with Crippen molar-refractivity contribution in [2.24, 2.45) is 0 Å². The monoisotopic (exact) mass is 295 g/mol. The lowest BCUT2D eigenvalue weighted by molar-refractivity contribution is -0.385. The van der Waals surface area contributed by atoms with Crippen LogP contribution in [0.5, 0.6) is 5.75 Å². The van der Waals surface area contributed by atoms with Crippen LogP contribution in [0.25, 0.3) is 0 Å². The van der Waals surface area contributed by atoms with Crippen LogP contribution in [0.3, 0.4) is 0 Å². The van der Waals surface area contributed by atoms with Crippen molar-refractivity contribution in [3.8, 4) is 5.75 Å². The average Bonchev–Trinajstić information content (AvgIpc) is 2.43. The zero-order chi connectivity index (χ0) is 16.0.